The number of rotatable bonds is 6. The third-order valence-corrected chi connectivity index (χ3v) is 8.99. The van der Waals surface area contributed by atoms with Gasteiger partial charge in [0, 0.05) is 56.3 Å². The molecule has 1 aromatic carbocycles. The lowest BCUT2D eigenvalue weighted by Crippen LogP contribution is -2.60. The third-order valence-electron chi connectivity index (χ3n) is 8.99. The molecule has 3 fully saturated rings. The molecule has 0 unspecified atom stereocenters. The van der Waals surface area contributed by atoms with E-state index in [0.717, 1.165) is 37.9 Å². The number of hydrogen-bond donors (Lipinski definition) is 0. The van der Waals surface area contributed by atoms with Crippen molar-refractivity contribution in [2.75, 3.05) is 33.4 Å². The van der Waals surface area contributed by atoms with Crippen LogP contribution in [-0.2, 0) is 22.5 Å². The minimum absolute atomic E-state index is 0.350. The quantitative estimate of drug-likeness (QED) is 0.588. The lowest BCUT2D eigenvalue weighted by atomic mass is 9.68. The van der Waals surface area contributed by atoms with Crippen molar-refractivity contribution in [3.8, 4) is 0 Å². The second-order valence-electron chi connectivity index (χ2n) is 11.0. The number of fused-ring (bicyclic) bond motifs is 7. The lowest BCUT2D eigenvalue weighted by molar-refractivity contribution is -0.136. The number of aromatic nitrogens is 1. The standard InChI is InChI=1S/C29H39N3O2/c1-34-16-15-31-19-22(25-8-2-3-10-27(25)31)11-12-28(33)32-14-6-7-21-17-23-18-24(29(21)32)20-30-13-5-4-9-26(23)30/h2-3,8,10,17,19,23-24,26,29H,4-7,9,11-16,18,20H2,1H3/t23-,24-,26+,29-/m0/s1. The Bertz CT molecular complexity index is 1070. The van der Waals surface area contributed by atoms with E-state index in [1.54, 1.807) is 12.7 Å². The van der Waals surface area contributed by atoms with Crippen LogP contribution >= 0.6 is 0 Å². The Morgan fingerprint density at radius 2 is 2.06 bits per heavy atom. The topological polar surface area (TPSA) is 37.7 Å². The number of methoxy groups -OCH3 is 1. The smallest absolute Gasteiger partial charge is 0.223 e. The monoisotopic (exact) mass is 461 g/mol. The molecule has 1 aromatic heterocycles. The molecule has 0 radical (unpaired) electrons. The van der Waals surface area contributed by atoms with E-state index in [9.17, 15) is 4.79 Å². The van der Waals surface area contributed by atoms with Crippen molar-refractivity contribution in [3.05, 3.63) is 47.7 Å². The van der Waals surface area contributed by atoms with Crippen LogP contribution in [0, 0.1) is 11.8 Å². The Labute approximate surface area is 203 Å². The Balaban J connectivity index is 1.19. The molecular formula is C29H39N3O2. The normalized spacial score (nSPS) is 29.0. The summed E-state index contributed by atoms with van der Waals surface area (Å²) in [6.45, 7) is 4.92. The molecule has 182 valence electrons. The fourth-order valence-electron chi connectivity index (χ4n) is 7.54. The Kier molecular flexibility index (Phi) is 6.25. The van der Waals surface area contributed by atoms with Gasteiger partial charge in [0.25, 0.3) is 0 Å². The molecule has 4 aliphatic rings. The van der Waals surface area contributed by atoms with E-state index in [2.05, 4.69) is 50.9 Å². The summed E-state index contributed by atoms with van der Waals surface area (Å²) < 4.78 is 7.58. The van der Waals surface area contributed by atoms with E-state index in [4.69, 9.17) is 4.74 Å². The summed E-state index contributed by atoms with van der Waals surface area (Å²) in [5.74, 6) is 1.70. The molecule has 0 spiro atoms. The summed E-state index contributed by atoms with van der Waals surface area (Å²) in [6, 6.07) is 9.68. The number of carbonyl (C=O) groups is 1. The van der Waals surface area contributed by atoms with Gasteiger partial charge in [0.1, 0.15) is 0 Å². The summed E-state index contributed by atoms with van der Waals surface area (Å²) in [6.07, 6.45) is 14.0. The largest absolute Gasteiger partial charge is 0.383 e. The number of amides is 1. The van der Waals surface area contributed by atoms with E-state index < -0.39 is 0 Å². The first-order valence-electron chi connectivity index (χ1n) is 13.5. The molecule has 4 heterocycles. The number of piperidine rings is 3. The van der Waals surface area contributed by atoms with Crippen molar-refractivity contribution in [1.29, 1.82) is 0 Å². The number of carbonyl (C=O) groups excluding carboxylic acids is 1. The van der Waals surface area contributed by atoms with Crippen LogP contribution in [0.25, 0.3) is 10.9 Å². The van der Waals surface area contributed by atoms with Crippen LogP contribution < -0.4 is 0 Å². The zero-order valence-corrected chi connectivity index (χ0v) is 20.6. The zero-order chi connectivity index (χ0) is 23.1. The molecule has 1 amide bonds. The first-order valence-corrected chi connectivity index (χ1v) is 13.5. The molecule has 5 nitrogen and oxygen atoms in total. The highest BCUT2D eigenvalue weighted by Gasteiger charge is 2.46. The minimum Gasteiger partial charge on any atom is -0.383 e. The van der Waals surface area contributed by atoms with Gasteiger partial charge in [-0.25, -0.2) is 0 Å². The SMILES string of the molecule is COCCn1cc(CCC(=O)N2CCCC3=C[C@H]4C[C@@H](CN5CCCC[C@H]45)[C@H]32)c2ccccc21. The summed E-state index contributed by atoms with van der Waals surface area (Å²) in [7, 11) is 1.75. The number of aryl methyl sites for hydroxylation is 1. The van der Waals surface area contributed by atoms with Gasteiger partial charge in [0.2, 0.25) is 5.91 Å². The maximum absolute atomic E-state index is 13.6. The van der Waals surface area contributed by atoms with Gasteiger partial charge < -0.3 is 14.2 Å². The maximum Gasteiger partial charge on any atom is 0.223 e. The molecule has 0 saturated carbocycles. The number of para-hydroxylation sites is 1. The number of ether oxygens (including phenoxy) is 1. The van der Waals surface area contributed by atoms with E-state index in [-0.39, 0.29) is 0 Å². The highest BCUT2D eigenvalue weighted by molar-refractivity contribution is 5.85. The predicted molar refractivity (Wildman–Crippen MR) is 136 cm³/mol. The second kappa shape index (κ2) is 9.50. The van der Waals surface area contributed by atoms with Gasteiger partial charge in [0.15, 0.2) is 0 Å². The molecule has 2 aromatic rings. The number of likely N-dealkylation sites (tertiary alicyclic amines) is 1. The van der Waals surface area contributed by atoms with Crippen molar-refractivity contribution in [2.24, 2.45) is 11.8 Å². The van der Waals surface area contributed by atoms with Crippen LogP contribution in [0.5, 0.6) is 0 Å². The molecule has 0 N–H and O–H groups in total. The average Bonchev–Trinajstić information content (AvgIpc) is 3.23. The molecule has 3 saturated heterocycles. The number of nitrogens with zero attached hydrogens (tertiary/aromatic N) is 3. The van der Waals surface area contributed by atoms with E-state index in [1.165, 1.54) is 61.7 Å². The van der Waals surface area contributed by atoms with E-state index in [0.29, 0.717) is 30.9 Å². The van der Waals surface area contributed by atoms with Crippen LogP contribution in [0.3, 0.4) is 0 Å². The van der Waals surface area contributed by atoms with Gasteiger partial charge in [-0.15, -0.1) is 0 Å². The maximum atomic E-state index is 13.6. The first-order chi connectivity index (χ1) is 16.7. The van der Waals surface area contributed by atoms with Crippen molar-refractivity contribution in [1.82, 2.24) is 14.4 Å². The fourth-order valence-corrected chi connectivity index (χ4v) is 7.54. The van der Waals surface area contributed by atoms with Gasteiger partial charge in [-0.3, -0.25) is 9.69 Å². The van der Waals surface area contributed by atoms with Crippen molar-refractivity contribution < 1.29 is 9.53 Å². The molecule has 34 heavy (non-hydrogen) atoms. The van der Waals surface area contributed by atoms with Gasteiger partial charge in [0.05, 0.1) is 12.6 Å². The number of hydrogen-bond acceptors (Lipinski definition) is 3. The van der Waals surface area contributed by atoms with Crippen molar-refractivity contribution in [2.45, 2.75) is 70.0 Å². The van der Waals surface area contributed by atoms with Crippen LogP contribution in [-0.4, -0.2) is 65.7 Å². The molecular weight excluding hydrogens is 422 g/mol. The highest BCUT2D eigenvalue weighted by atomic mass is 16.5. The third kappa shape index (κ3) is 4.01. The van der Waals surface area contributed by atoms with Crippen molar-refractivity contribution in [3.63, 3.8) is 0 Å². The second-order valence-corrected chi connectivity index (χ2v) is 11.0. The summed E-state index contributed by atoms with van der Waals surface area (Å²) >= 11 is 0. The predicted octanol–water partition coefficient (Wildman–Crippen LogP) is 4.64. The Hall–Kier alpha value is -2.11. The molecule has 4 atom stereocenters. The summed E-state index contributed by atoms with van der Waals surface area (Å²) in [5.41, 5.74) is 4.11. The number of benzene rings is 1. The Morgan fingerprint density at radius 1 is 1.15 bits per heavy atom. The van der Waals surface area contributed by atoms with Crippen LogP contribution in [0.2, 0.25) is 0 Å². The zero-order valence-electron chi connectivity index (χ0n) is 20.6. The molecule has 3 aliphatic heterocycles. The van der Waals surface area contributed by atoms with Crippen LogP contribution in [0.1, 0.15) is 50.5 Å². The molecule has 5 heteroatoms. The van der Waals surface area contributed by atoms with Crippen molar-refractivity contribution >= 4 is 16.8 Å². The Morgan fingerprint density at radius 3 is 2.97 bits per heavy atom. The average molecular weight is 462 g/mol. The van der Waals surface area contributed by atoms with Gasteiger partial charge >= 0.3 is 0 Å². The molecule has 6 rings (SSSR count). The van der Waals surface area contributed by atoms with E-state index in [1.807, 2.05) is 0 Å². The van der Waals surface area contributed by atoms with Gasteiger partial charge in [-0.1, -0.05) is 36.3 Å². The van der Waals surface area contributed by atoms with Crippen LogP contribution in [0.15, 0.2) is 42.1 Å². The highest BCUT2D eigenvalue weighted by Crippen LogP contribution is 2.45. The fraction of sp³-hybridized carbons (Fsp3) is 0.621. The summed E-state index contributed by atoms with van der Waals surface area (Å²) in [4.78, 5) is 18.7. The molecule has 1 aliphatic carbocycles. The minimum atomic E-state index is 0.350. The lowest BCUT2D eigenvalue weighted by Gasteiger charge is -2.54. The van der Waals surface area contributed by atoms with E-state index >= 15 is 0 Å². The van der Waals surface area contributed by atoms with Crippen LogP contribution in [0.4, 0.5) is 0 Å². The summed E-state index contributed by atoms with van der Waals surface area (Å²) in [5, 5.41) is 1.27. The first kappa shape index (κ1) is 22.4. The van der Waals surface area contributed by atoms with Gasteiger partial charge in [-0.05, 0) is 68.5 Å². The van der Waals surface area contributed by atoms with Gasteiger partial charge in [-0.2, -0.15) is 0 Å². The molecule has 2 bridgehead atoms.